The summed E-state index contributed by atoms with van der Waals surface area (Å²) in [5.74, 6) is 1.30. The van der Waals surface area contributed by atoms with Crippen molar-refractivity contribution in [3.05, 3.63) is 47.9 Å². The van der Waals surface area contributed by atoms with Gasteiger partial charge in [-0.25, -0.2) is 9.67 Å². The van der Waals surface area contributed by atoms with Crippen LogP contribution >= 0.6 is 0 Å². The normalized spacial score (nSPS) is 11.2. The Bertz CT molecular complexity index is 854. The Hall–Kier alpha value is -2.76. The molecule has 124 valence electrons. The van der Waals surface area contributed by atoms with E-state index in [0.29, 0.717) is 17.3 Å². The van der Waals surface area contributed by atoms with Crippen molar-refractivity contribution in [3.8, 4) is 0 Å². The highest BCUT2D eigenvalue weighted by molar-refractivity contribution is 6.06. The molecule has 6 nitrogen and oxygen atoms in total. The highest BCUT2D eigenvalue weighted by Gasteiger charge is 2.17. The molecule has 0 amide bonds. The maximum absolute atomic E-state index is 12.6. The average Bonchev–Trinajstić information content (AvgIpc) is 2.90. The van der Waals surface area contributed by atoms with E-state index in [1.165, 1.54) is 0 Å². The number of anilines is 1. The minimum absolute atomic E-state index is 0.0294. The summed E-state index contributed by atoms with van der Waals surface area (Å²) in [5.41, 5.74) is 2.04. The van der Waals surface area contributed by atoms with E-state index >= 15 is 0 Å². The number of rotatable bonds is 6. The third-order valence-electron chi connectivity index (χ3n) is 3.73. The van der Waals surface area contributed by atoms with E-state index in [9.17, 15) is 4.79 Å². The first kappa shape index (κ1) is 16.1. The van der Waals surface area contributed by atoms with Gasteiger partial charge in [-0.1, -0.05) is 19.9 Å². The third kappa shape index (κ3) is 3.42. The van der Waals surface area contributed by atoms with Crippen molar-refractivity contribution in [2.75, 3.05) is 11.9 Å². The molecule has 0 unspecified atom stereocenters. The monoisotopic (exact) mass is 323 g/mol. The van der Waals surface area contributed by atoms with Crippen LogP contribution in [0.3, 0.4) is 0 Å². The summed E-state index contributed by atoms with van der Waals surface area (Å²) >= 11 is 0. The second-order valence-electron chi connectivity index (χ2n) is 6.28. The molecule has 3 aromatic rings. The zero-order valence-corrected chi connectivity index (χ0v) is 14.2. The molecule has 1 N–H and O–H groups in total. The first-order chi connectivity index (χ1) is 11.5. The van der Waals surface area contributed by atoms with Gasteiger partial charge in [0.1, 0.15) is 11.5 Å². The van der Waals surface area contributed by atoms with Crippen molar-refractivity contribution in [1.82, 2.24) is 19.7 Å². The van der Waals surface area contributed by atoms with E-state index in [2.05, 4.69) is 34.2 Å². The van der Waals surface area contributed by atoms with Crippen molar-refractivity contribution in [1.29, 1.82) is 0 Å². The highest BCUT2D eigenvalue weighted by Crippen LogP contribution is 2.20. The van der Waals surface area contributed by atoms with E-state index in [0.717, 1.165) is 23.3 Å². The fourth-order valence-corrected chi connectivity index (χ4v) is 2.52. The summed E-state index contributed by atoms with van der Waals surface area (Å²) < 4.78 is 1.66. The molecule has 0 radical (unpaired) electrons. The fourth-order valence-electron chi connectivity index (χ4n) is 2.52. The van der Waals surface area contributed by atoms with E-state index in [-0.39, 0.29) is 12.2 Å². The SMILES string of the molecule is CC(C)CNc1ccc2c(C(=O)Cc3cccnc3)nn(C)c2n1. The summed E-state index contributed by atoms with van der Waals surface area (Å²) in [5, 5.41) is 8.45. The van der Waals surface area contributed by atoms with Gasteiger partial charge >= 0.3 is 0 Å². The van der Waals surface area contributed by atoms with Gasteiger partial charge in [-0.15, -0.1) is 0 Å². The minimum atomic E-state index is -0.0294. The van der Waals surface area contributed by atoms with Gasteiger partial charge in [-0.2, -0.15) is 5.10 Å². The maximum Gasteiger partial charge on any atom is 0.188 e. The molecule has 3 heterocycles. The lowest BCUT2D eigenvalue weighted by Gasteiger charge is -2.08. The lowest BCUT2D eigenvalue weighted by Crippen LogP contribution is -2.09. The zero-order chi connectivity index (χ0) is 17.1. The van der Waals surface area contributed by atoms with Crippen LogP contribution in [0.15, 0.2) is 36.7 Å². The number of carbonyl (C=O) groups excluding carboxylic acids is 1. The number of nitrogens with zero attached hydrogens (tertiary/aromatic N) is 4. The van der Waals surface area contributed by atoms with Gasteiger partial charge in [-0.05, 0) is 29.7 Å². The molecule has 3 aromatic heterocycles. The third-order valence-corrected chi connectivity index (χ3v) is 3.73. The molecule has 0 atom stereocenters. The Kier molecular flexibility index (Phi) is 4.55. The summed E-state index contributed by atoms with van der Waals surface area (Å²) in [6.45, 7) is 5.14. The summed E-state index contributed by atoms with van der Waals surface area (Å²) in [7, 11) is 1.81. The van der Waals surface area contributed by atoms with Gasteiger partial charge in [0, 0.05) is 32.4 Å². The van der Waals surface area contributed by atoms with Crippen molar-refractivity contribution in [2.24, 2.45) is 13.0 Å². The smallest absolute Gasteiger partial charge is 0.188 e. The molecular weight excluding hydrogens is 302 g/mol. The number of nitrogens with one attached hydrogen (secondary N) is 1. The van der Waals surface area contributed by atoms with Crippen LogP contribution in [0.25, 0.3) is 11.0 Å². The Morgan fingerprint density at radius 3 is 2.83 bits per heavy atom. The van der Waals surface area contributed by atoms with Crippen molar-refractivity contribution in [2.45, 2.75) is 20.3 Å². The molecular formula is C18H21N5O. The Morgan fingerprint density at radius 1 is 1.29 bits per heavy atom. The first-order valence-corrected chi connectivity index (χ1v) is 8.04. The van der Waals surface area contributed by atoms with E-state index < -0.39 is 0 Å². The topological polar surface area (TPSA) is 72.7 Å². The molecule has 0 fully saturated rings. The van der Waals surface area contributed by atoms with Crippen LogP contribution in [-0.2, 0) is 13.5 Å². The molecule has 0 aliphatic carbocycles. The molecule has 0 bridgehead atoms. The van der Waals surface area contributed by atoms with E-state index in [1.807, 2.05) is 31.3 Å². The molecule has 0 saturated carbocycles. The lowest BCUT2D eigenvalue weighted by molar-refractivity contribution is 0.0989. The minimum Gasteiger partial charge on any atom is -0.370 e. The molecule has 0 saturated heterocycles. The Morgan fingerprint density at radius 2 is 2.12 bits per heavy atom. The van der Waals surface area contributed by atoms with Gasteiger partial charge in [0.05, 0.1) is 5.39 Å². The largest absolute Gasteiger partial charge is 0.370 e. The molecule has 24 heavy (non-hydrogen) atoms. The molecule has 0 aliphatic heterocycles. The molecule has 0 aromatic carbocycles. The fraction of sp³-hybridized carbons (Fsp3) is 0.333. The number of ketones is 1. The maximum atomic E-state index is 12.6. The summed E-state index contributed by atoms with van der Waals surface area (Å²) in [6.07, 6.45) is 3.68. The average molecular weight is 323 g/mol. The molecule has 0 aliphatic rings. The van der Waals surface area contributed by atoms with Crippen LogP contribution in [0.2, 0.25) is 0 Å². The number of aryl methyl sites for hydroxylation is 1. The highest BCUT2D eigenvalue weighted by atomic mass is 16.1. The van der Waals surface area contributed by atoms with Crippen LogP contribution in [0.1, 0.15) is 29.9 Å². The van der Waals surface area contributed by atoms with Gasteiger partial charge in [0.25, 0.3) is 0 Å². The van der Waals surface area contributed by atoms with Crippen LogP contribution < -0.4 is 5.32 Å². The number of carbonyl (C=O) groups is 1. The zero-order valence-electron chi connectivity index (χ0n) is 14.2. The second-order valence-corrected chi connectivity index (χ2v) is 6.28. The lowest BCUT2D eigenvalue weighted by atomic mass is 10.1. The predicted octanol–water partition coefficient (Wildman–Crippen LogP) is 2.86. The molecule has 6 heteroatoms. The second kappa shape index (κ2) is 6.78. The van der Waals surface area contributed by atoms with Crippen LogP contribution in [-0.4, -0.2) is 32.1 Å². The summed E-state index contributed by atoms with van der Waals surface area (Å²) in [6, 6.07) is 7.53. The quantitative estimate of drug-likeness (QED) is 0.706. The molecule has 3 rings (SSSR count). The summed E-state index contributed by atoms with van der Waals surface area (Å²) in [4.78, 5) is 21.2. The standard InChI is InChI=1S/C18H21N5O/c1-12(2)10-20-16-7-6-14-17(22-23(3)18(14)21-16)15(24)9-13-5-4-8-19-11-13/h4-8,11-12H,9-10H2,1-3H3,(H,20,21). The Balaban J connectivity index is 1.88. The van der Waals surface area contributed by atoms with E-state index in [4.69, 9.17) is 0 Å². The van der Waals surface area contributed by atoms with Gasteiger partial charge in [-0.3, -0.25) is 9.78 Å². The van der Waals surface area contributed by atoms with E-state index in [1.54, 1.807) is 17.1 Å². The number of hydrogen-bond acceptors (Lipinski definition) is 5. The first-order valence-electron chi connectivity index (χ1n) is 8.04. The van der Waals surface area contributed by atoms with Gasteiger partial charge in [0.15, 0.2) is 11.4 Å². The number of Topliss-reactive ketones (excluding diaryl/α,β-unsaturated/α-hetero) is 1. The number of pyridine rings is 2. The van der Waals surface area contributed by atoms with Crippen LogP contribution in [0, 0.1) is 5.92 Å². The van der Waals surface area contributed by atoms with Gasteiger partial charge in [0.2, 0.25) is 0 Å². The van der Waals surface area contributed by atoms with Crippen LogP contribution in [0.4, 0.5) is 5.82 Å². The van der Waals surface area contributed by atoms with Crippen molar-refractivity contribution < 1.29 is 4.79 Å². The number of fused-ring (bicyclic) bond motifs is 1. The Labute approximate surface area is 140 Å². The van der Waals surface area contributed by atoms with Crippen molar-refractivity contribution >= 4 is 22.6 Å². The van der Waals surface area contributed by atoms with Gasteiger partial charge < -0.3 is 5.32 Å². The predicted molar refractivity (Wildman–Crippen MR) is 94.1 cm³/mol. The number of hydrogen-bond donors (Lipinski definition) is 1. The molecule has 0 spiro atoms. The van der Waals surface area contributed by atoms with Crippen LogP contribution in [0.5, 0.6) is 0 Å². The van der Waals surface area contributed by atoms with Crippen molar-refractivity contribution in [3.63, 3.8) is 0 Å². The number of aromatic nitrogens is 4.